The lowest BCUT2D eigenvalue weighted by Gasteiger charge is -2.46. The largest absolute Gasteiger partial charge is 0.416 e. The molecule has 0 saturated heterocycles. The number of para-hydroxylation sites is 6. The summed E-state index contributed by atoms with van der Waals surface area (Å²) in [6, 6.07) is 118. The summed E-state index contributed by atoms with van der Waals surface area (Å²) < 4.78 is 44.8. The topological polar surface area (TPSA) is 16.2 Å². The van der Waals surface area contributed by atoms with Gasteiger partial charge in [0.1, 0.15) is 0 Å². The van der Waals surface area contributed by atoms with E-state index in [0.29, 0.717) is 5.69 Å². The third-order valence-corrected chi connectivity index (χ3v) is 20.3. The van der Waals surface area contributed by atoms with Crippen molar-refractivity contribution in [2.45, 2.75) is 16.0 Å². The van der Waals surface area contributed by atoms with Gasteiger partial charge in [0.25, 0.3) is 6.71 Å². The molecule has 0 N–H and O–H groups in total. The van der Waals surface area contributed by atoms with Crippen molar-refractivity contribution in [3.05, 3.63) is 345 Å². The van der Waals surface area contributed by atoms with Crippen LogP contribution in [0.15, 0.2) is 350 Å². The summed E-state index contributed by atoms with van der Waals surface area (Å²) in [6.07, 6.45) is -4.56. The molecule has 0 unspecified atom stereocenters. The first-order valence-electron chi connectivity index (χ1n) is 32.4. The van der Waals surface area contributed by atoms with Gasteiger partial charge in [0.15, 0.2) is 0 Å². The minimum Gasteiger partial charge on any atom is -0.311 e. The molecule has 0 fully saturated rings. The summed E-state index contributed by atoms with van der Waals surface area (Å²) >= 11 is 1.77. The number of hydrogen-bond donors (Lipinski definition) is 0. The fourth-order valence-electron chi connectivity index (χ4n) is 15.1. The van der Waals surface area contributed by atoms with Crippen molar-refractivity contribution in [2.75, 3.05) is 24.5 Å². The first-order valence-corrected chi connectivity index (χ1v) is 33.2. The summed E-state index contributed by atoms with van der Waals surface area (Å²) in [5.41, 5.74) is 24.8. The van der Waals surface area contributed by atoms with Gasteiger partial charge in [-0.1, -0.05) is 217 Å². The first kappa shape index (κ1) is 57.0. The number of fused-ring (bicyclic) bond motifs is 8. The molecular formula is C85H56B2F3N5S. The average Bonchev–Trinajstić information content (AvgIpc) is 0.691. The van der Waals surface area contributed by atoms with Crippen molar-refractivity contribution >= 4 is 143 Å². The van der Waals surface area contributed by atoms with Crippen LogP contribution in [0.3, 0.4) is 0 Å². The van der Waals surface area contributed by atoms with Crippen LogP contribution < -0.4 is 57.3 Å². The maximum absolute atomic E-state index is 14.9. The lowest BCUT2D eigenvalue weighted by molar-refractivity contribution is -0.137. The molecular weight excluding hydrogens is 1200 g/mol. The molecule has 14 aromatic carbocycles. The Kier molecular flexibility index (Phi) is 13.7. The van der Waals surface area contributed by atoms with Gasteiger partial charge in [0.2, 0.25) is 6.71 Å². The van der Waals surface area contributed by atoms with Crippen molar-refractivity contribution in [1.29, 1.82) is 0 Å². The normalized spacial score (nSPS) is 13.0. The smallest absolute Gasteiger partial charge is 0.311 e. The van der Waals surface area contributed by atoms with E-state index < -0.39 is 11.7 Å². The first-order chi connectivity index (χ1) is 47.3. The molecule has 18 rings (SSSR count). The van der Waals surface area contributed by atoms with Gasteiger partial charge in [-0.3, -0.25) is 0 Å². The number of alkyl halides is 3. The molecule has 11 heteroatoms. The van der Waals surface area contributed by atoms with Gasteiger partial charge in [-0.2, -0.15) is 13.2 Å². The van der Waals surface area contributed by atoms with Crippen LogP contribution in [0.1, 0.15) is 5.56 Å². The Bertz CT molecular complexity index is 5250. The monoisotopic (exact) mass is 1260 g/mol. The highest BCUT2D eigenvalue weighted by molar-refractivity contribution is 8.00. The second-order valence-corrected chi connectivity index (χ2v) is 25.8. The van der Waals surface area contributed by atoms with Gasteiger partial charge in [-0.15, -0.1) is 0 Å². The Balaban J connectivity index is 0.914. The van der Waals surface area contributed by atoms with Gasteiger partial charge in [-0.05, 0) is 189 Å². The van der Waals surface area contributed by atoms with Crippen molar-refractivity contribution in [1.82, 2.24) is 0 Å². The highest BCUT2D eigenvalue weighted by Gasteiger charge is 2.48. The van der Waals surface area contributed by atoms with E-state index in [9.17, 15) is 13.2 Å². The van der Waals surface area contributed by atoms with Crippen molar-refractivity contribution in [3.8, 4) is 22.3 Å². The fourth-order valence-corrected chi connectivity index (χ4v) is 16.3. The summed E-state index contributed by atoms with van der Waals surface area (Å²) in [5, 5.41) is 0. The van der Waals surface area contributed by atoms with Gasteiger partial charge in [0.05, 0.1) is 11.3 Å². The van der Waals surface area contributed by atoms with Crippen LogP contribution in [0.4, 0.5) is 98.5 Å². The minimum absolute atomic E-state index is 0.209. The van der Waals surface area contributed by atoms with Crippen LogP contribution >= 0.6 is 11.8 Å². The third-order valence-electron chi connectivity index (χ3n) is 19.2. The number of halogens is 3. The number of benzene rings is 14. The zero-order valence-corrected chi connectivity index (χ0v) is 52.6. The van der Waals surface area contributed by atoms with Crippen LogP contribution in [-0.2, 0) is 6.18 Å². The van der Waals surface area contributed by atoms with Crippen LogP contribution in [0.2, 0.25) is 0 Å². The van der Waals surface area contributed by atoms with E-state index in [1.165, 1.54) is 28.5 Å². The SMILES string of the molecule is FC(F)(F)c1ccc(N2c3cc4c(cc3B3c5ccccc5N(c5ccccc5)c5cc(N(c6ccc(-c7ccccc7)cc6)c6cccc(-c7ccccc7)c6)cc2c53)B2c3ccccc3N(c3ccccc3)c3cc(N(c5ccccc5)c5ccccc5)cc(c32)S4)cc1. The van der Waals surface area contributed by atoms with Crippen LogP contribution in [0, 0.1) is 0 Å². The summed E-state index contributed by atoms with van der Waals surface area (Å²) in [7, 11) is 0. The molecule has 96 heavy (non-hydrogen) atoms. The Morgan fingerprint density at radius 1 is 0.260 bits per heavy atom. The number of rotatable bonds is 11. The number of hydrogen-bond acceptors (Lipinski definition) is 6. The van der Waals surface area contributed by atoms with Gasteiger partial charge >= 0.3 is 6.18 Å². The van der Waals surface area contributed by atoms with E-state index in [0.717, 1.165) is 128 Å². The quantitative estimate of drug-likeness (QED) is 0.119. The summed E-state index contributed by atoms with van der Waals surface area (Å²) in [6.45, 7) is -0.538. The van der Waals surface area contributed by atoms with Crippen molar-refractivity contribution in [2.24, 2.45) is 0 Å². The maximum Gasteiger partial charge on any atom is 0.416 e. The van der Waals surface area contributed by atoms with Crippen LogP contribution in [0.5, 0.6) is 0 Å². The Labute approximate surface area is 561 Å². The molecule has 0 saturated carbocycles. The molecule has 5 nitrogen and oxygen atoms in total. The lowest BCUT2D eigenvalue weighted by atomic mass is 9.31. The van der Waals surface area contributed by atoms with Gasteiger partial charge < -0.3 is 24.5 Å². The second-order valence-electron chi connectivity index (χ2n) is 24.7. The van der Waals surface area contributed by atoms with Crippen LogP contribution in [-0.4, -0.2) is 13.4 Å². The molecule has 0 amide bonds. The van der Waals surface area contributed by atoms with Gasteiger partial charge in [-0.25, -0.2) is 0 Å². The average molecular weight is 1260 g/mol. The highest BCUT2D eigenvalue weighted by Crippen LogP contribution is 2.52. The molecule has 0 bridgehead atoms. The Morgan fingerprint density at radius 2 is 0.667 bits per heavy atom. The zero-order chi connectivity index (χ0) is 64.0. The molecule has 0 aliphatic carbocycles. The molecule has 14 aromatic rings. The Morgan fingerprint density at radius 3 is 1.22 bits per heavy atom. The van der Waals surface area contributed by atoms with Gasteiger partial charge in [0, 0.05) is 89.4 Å². The molecule has 4 aliphatic heterocycles. The molecule has 0 atom stereocenters. The molecule has 4 aliphatic rings. The van der Waals surface area contributed by atoms with Crippen molar-refractivity contribution < 1.29 is 13.2 Å². The van der Waals surface area contributed by atoms with Crippen molar-refractivity contribution in [3.63, 3.8) is 0 Å². The van der Waals surface area contributed by atoms with E-state index in [1.807, 2.05) is 18.2 Å². The van der Waals surface area contributed by atoms with E-state index in [4.69, 9.17) is 0 Å². The van der Waals surface area contributed by atoms with E-state index in [2.05, 4.69) is 322 Å². The standard InChI is InChI=1S/C85H56B2F3N5S/c88-85(89,90)61-44-48-67(49-45-61)95-77-56-81-74(87-72-39-20-22-41-76(72)94(65-35-17-6-18-36-65)80-53-70(54-82(96-81)84(80)87)91(62-29-11-3-12-30-62)63-31-13-4-14-32-63)55-73(77)86-71-38-19-21-40-75(71)93(64-33-15-5-16-34-64)78-51-69(52-79(95)83(78)86)92(66-46-42-59(43-47-66)57-24-7-1-8-25-57)68-37-23-28-60(50-68)58-26-9-2-10-27-58/h1-56H. The second kappa shape index (κ2) is 23.1. The maximum atomic E-state index is 14.9. The molecule has 0 spiro atoms. The molecule has 454 valence electrons. The van der Waals surface area contributed by atoms with Crippen LogP contribution in [0.25, 0.3) is 22.3 Å². The third kappa shape index (κ3) is 9.59. The predicted molar refractivity (Wildman–Crippen MR) is 396 cm³/mol. The number of anilines is 15. The number of nitrogens with zero attached hydrogens (tertiary/aromatic N) is 5. The predicted octanol–water partition coefficient (Wildman–Crippen LogP) is 19.8. The Hall–Kier alpha value is -11.7. The lowest BCUT2D eigenvalue weighted by Crippen LogP contribution is -2.64. The molecule has 4 heterocycles. The highest BCUT2D eigenvalue weighted by atomic mass is 32.2. The zero-order valence-electron chi connectivity index (χ0n) is 51.8. The fraction of sp³-hybridized carbons (Fsp3) is 0.0118. The summed E-state index contributed by atoms with van der Waals surface area (Å²) in [5.74, 6) is 0. The minimum atomic E-state index is -4.56. The molecule has 0 radical (unpaired) electrons. The van der Waals surface area contributed by atoms with E-state index >= 15 is 0 Å². The van der Waals surface area contributed by atoms with E-state index in [-0.39, 0.29) is 13.4 Å². The summed E-state index contributed by atoms with van der Waals surface area (Å²) in [4.78, 5) is 13.9. The molecule has 0 aromatic heterocycles. The van der Waals surface area contributed by atoms with E-state index in [1.54, 1.807) is 23.9 Å².